The fraction of sp³-hybridized carbons (Fsp3) is 0.222. The molecule has 0 saturated heterocycles. The molecule has 0 nitrogen and oxygen atoms in total. The first-order valence-electron chi connectivity index (χ1n) is 3.49. The fourth-order valence-corrected chi connectivity index (χ4v) is 1.22. The van der Waals surface area contributed by atoms with Crippen LogP contribution >= 0.6 is 15.9 Å². The second-order valence-electron chi connectivity index (χ2n) is 2.54. The van der Waals surface area contributed by atoms with Crippen molar-refractivity contribution >= 4 is 15.9 Å². The minimum atomic E-state index is -0.502. The number of rotatable bonds is 2. The molecule has 0 aliphatic carbocycles. The van der Waals surface area contributed by atoms with E-state index in [4.69, 9.17) is 0 Å². The van der Waals surface area contributed by atoms with E-state index in [1.807, 2.05) is 0 Å². The third kappa shape index (κ3) is 2.03. The molecule has 0 unspecified atom stereocenters. The highest BCUT2D eigenvalue weighted by Gasteiger charge is 2.07. The van der Waals surface area contributed by atoms with E-state index in [1.54, 1.807) is 19.1 Å². The Balaban J connectivity index is 2.96. The summed E-state index contributed by atoms with van der Waals surface area (Å²) in [6.45, 7) is 1.18. The van der Waals surface area contributed by atoms with Gasteiger partial charge in [-0.2, -0.15) is 0 Å². The maximum absolute atomic E-state index is 12.7. The molecule has 1 rings (SSSR count). The number of hydrogen-bond acceptors (Lipinski definition) is 0. The second-order valence-corrected chi connectivity index (χ2v) is 3.40. The average molecular weight is 234 g/mol. The molecule has 0 atom stereocenters. The van der Waals surface area contributed by atoms with Gasteiger partial charge in [-0.1, -0.05) is 13.0 Å². The van der Waals surface area contributed by atoms with Gasteiger partial charge in [0.25, 0.3) is 0 Å². The van der Waals surface area contributed by atoms with Crippen molar-refractivity contribution in [2.75, 3.05) is 6.67 Å². The van der Waals surface area contributed by atoms with Crippen molar-refractivity contribution in [3.63, 3.8) is 0 Å². The van der Waals surface area contributed by atoms with Crippen molar-refractivity contribution < 1.29 is 8.78 Å². The molecule has 0 aliphatic rings. The van der Waals surface area contributed by atoms with Gasteiger partial charge in [0.05, 0.1) is 11.1 Å². The summed E-state index contributed by atoms with van der Waals surface area (Å²) in [5.74, 6) is 0.279. The van der Waals surface area contributed by atoms with Gasteiger partial charge in [0.2, 0.25) is 0 Å². The Bertz CT molecular complexity index is 273. The smallest absolute Gasteiger partial charge is 0.137 e. The molecular weight excluding hydrogens is 226 g/mol. The molecule has 0 bridgehead atoms. The van der Waals surface area contributed by atoms with Gasteiger partial charge in [0.1, 0.15) is 5.82 Å². The van der Waals surface area contributed by atoms with Crippen molar-refractivity contribution in [1.82, 2.24) is 0 Å². The Morgan fingerprint density at radius 1 is 1.50 bits per heavy atom. The predicted octanol–water partition coefficient (Wildman–Crippen LogP) is 3.50. The molecular formula is C9H8BrF2. The number of alkyl halides is 1. The molecule has 0 heterocycles. The predicted molar refractivity (Wildman–Crippen MR) is 48.1 cm³/mol. The van der Waals surface area contributed by atoms with Crippen LogP contribution in [0.1, 0.15) is 12.5 Å². The molecule has 0 amide bonds. The first-order valence-corrected chi connectivity index (χ1v) is 4.28. The summed E-state index contributed by atoms with van der Waals surface area (Å²) < 4.78 is 25.2. The highest BCUT2D eigenvalue weighted by atomic mass is 79.9. The number of hydrogen-bond donors (Lipinski definition) is 0. The zero-order valence-corrected chi connectivity index (χ0v) is 8.16. The lowest BCUT2D eigenvalue weighted by atomic mass is 10.0. The van der Waals surface area contributed by atoms with Crippen LogP contribution in [0.3, 0.4) is 0 Å². The molecule has 0 saturated carbocycles. The summed E-state index contributed by atoms with van der Waals surface area (Å²) in [6, 6.07) is 4.46. The molecule has 1 aromatic carbocycles. The van der Waals surface area contributed by atoms with Crippen LogP contribution in [0.15, 0.2) is 22.7 Å². The van der Waals surface area contributed by atoms with E-state index in [0.717, 1.165) is 5.56 Å². The minimum absolute atomic E-state index is 0.328. The van der Waals surface area contributed by atoms with E-state index in [0.29, 0.717) is 10.4 Å². The molecule has 0 N–H and O–H groups in total. The quantitative estimate of drug-likeness (QED) is 0.734. The Morgan fingerprint density at radius 2 is 2.17 bits per heavy atom. The van der Waals surface area contributed by atoms with Crippen LogP contribution < -0.4 is 0 Å². The molecule has 12 heavy (non-hydrogen) atoms. The summed E-state index contributed by atoms with van der Waals surface area (Å²) in [6.07, 6.45) is 0. The zero-order valence-electron chi connectivity index (χ0n) is 6.57. The van der Waals surface area contributed by atoms with Crippen molar-refractivity contribution in [1.29, 1.82) is 0 Å². The largest absolute Gasteiger partial charge is 0.250 e. The first-order chi connectivity index (χ1) is 5.65. The number of halogens is 3. The molecule has 1 radical (unpaired) electrons. The second kappa shape index (κ2) is 3.99. The van der Waals surface area contributed by atoms with E-state index < -0.39 is 6.67 Å². The molecule has 1 aromatic rings. The van der Waals surface area contributed by atoms with E-state index in [1.165, 1.54) is 6.07 Å². The van der Waals surface area contributed by atoms with Gasteiger partial charge >= 0.3 is 0 Å². The molecule has 3 heteroatoms. The van der Waals surface area contributed by atoms with Gasteiger partial charge in [-0.05, 0) is 33.6 Å². The highest BCUT2D eigenvalue weighted by molar-refractivity contribution is 9.10. The number of benzene rings is 1. The maximum Gasteiger partial charge on any atom is 0.137 e. The van der Waals surface area contributed by atoms with Gasteiger partial charge in [-0.3, -0.25) is 4.39 Å². The average Bonchev–Trinajstić information content (AvgIpc) is 2.08. The van der Waals surface area contributed by atoms with Gasteiger partial charge in [0.15, 0.2) is 0 Å². The first kappa shape index (κ1) is 9.65. The lowest BCUT2D eigenvalue weighted by molar-refractivity contribution is 0.515. The standard InChI is InChI=1S/C9H8BrF2/c1-6(5-11)7-2-3-9(12)8(10)4-7/h2-4H,5H2,1H3. The Kier molecular flexibility index (Phi) is 3.20. The highest BCUT2D eigenvalue weighted by Crippen LogP contribution is 2.21. The maximum atomic E-state index is 12.7. The van der Waals surface area contributed by atoms with Crippen molar-refractivity contribution in [3.05, 3.63) is 40.0 Å². The fourth-order valence-electron chi connectivity index (χ4n) is 0.839. The third-order valence-electron chi connectivity index (χ3n) is 1.61. The van der Waals surface area contributed by atoms with Crippen LogP contribution in [0.25, 0.3) is 0 Å². The van der Waals surface area contributed by atoms with Crippen LogP contribution in [0.4, 0.5) is 8.78 Å². The Morgan fingerprint density at radius 3 is 2.67 bits per heavy atom. The van der Waals surface area contributed by atoms with Gasteiger partial charge in [-0.25, -0.2) is 4.39 Å². The SMILES string of the molecule is C[C](CF)c1ccc(F)c(Br)c1. The van der Waals surface area contributed by atoms with Gasteiger partial charge in [-0.15, -0.1) is 0 Å². The van der Waals surface area contributed by atoms with Gasteiger partial charge in [0, 0.05) is 5.92 Å². The Labute approximate surface area is 78.7 Å². The van der Waals surface area contributed by atoms with Gasteiger partial charge < -0.3 is 0 Å². The van der Waals surface area contributed by atoms with E-state index in [2.05, 4.69) is 15.9 Å². The third-order valence-corrected chi connectivity index (χ3v) is 2.22. The summed E-state index contributed by atoms with van der Waals surface area (Å²) >= 11 is 3.03. The normalized spacial score (nSPS) is 10.8. The van der Waals surface area contributed by atoms with Crippen LogP contribution in [0.5, 0.6) is 0 Å². The van der Waals surface area contributed by atoms with Crippen molar-refractivity contribution in [3.8, 4) is 0 Å². The summed E-state index contributed by atoms with van der Waals surface area (Å²) in [5.41, 5.74) is 0.728. The zero-order chi connectivity index (χ0) is 9.14. The molecule has 0 aliphatic heterocycles. The summed E-state index contributed by atoms with van der Waals surface area (Å²) in [5, 5.41) is 0. The summed E-state index contributed by atoms with van der Waals surface area (Å²) in [7, 11) is 0. The van der Waals surface area contributed by atoms with Crippen LogP contribution in [-0.4, -0.2) is 6.67 Å². The lowest BCUT2D eigenvalue weighted by Crippen LogP contribution is -1.96. The minimum Gasteiger partial charge on any atom is -0.250 e. The van der Waals surface area contributed by atoms with E-state index >= 15 is 0 Å². The van der Waals surface area contributed by atoms with Crippen molar-refractivity contribution in [2.45, 2.75) is 6.92 Å². The van der Waals surface area contributed by atoms with Crippen molar-refractivity contribution in [2.24, 2.45) is 0 Å². The van der Waals surface area contributed by atoms with Crippen LogP contribution in [0.2, 0.25) is 0 Å². The van der Waals surface area contributed by atoms with Crippen LogP contribution in [0, 0.1) is 11.7 Å². The monoisotopic (exact) mass is 233 g/mol. The topological polar surface area (TPSA) is 0 Å². The van der Waals surface area contributed by atoms with Crippen LogP contribution in [-0.2, 0) is 0 Å². The van der Waals surface area contributed by atoms with E-state index in [9.17, 15) is 8.78 Å². The molecule has 65 valence electrons. The lowest BCUT2D eigenvalue weighted by Gasteiger charge is -2.06. The molecule has 0 spiro atoms. The van der Waals surface area contributed by atoms with E-state index in [-0.39, 0.29) is 5.82 Å². The Hall–Kier alpha value is -0.440. The summed E-state index contributed by atoms with van der Waals surface area (Å²) in [4.78, 5) is 0. The molecule has 0 fully saturated rings. The molecule has 0 aromatic heterocycles.